The van der Waals surface area contributed by atoms with Crippen LogP contribution in [0.1, 0.15) is 58.3 Å². The summed E-state index contributed by atoms with van der Waals surface area (Å²) < 4.78 is 0. The molecule has 0 atom stereocenters. The highest BCUT2D eigenvalue weighted by Crippen LogP contribution is 2.30. The van der Waals surface area contributed by atoms with Crippen molar-refractivity contribution in [1.82, 2.24) is 14.7 Å². The number of piperidine rings is 1. The van der Waals surface area contributed by atoms with Crippen LogP contribution in [0.4, 0.5) is 0 Å². The lowest BCUT2D eigenvalue weighted by atomic mass is 9.80. The molecule has 2 amide bonds. The van der Waals surface area contributed by atoms with Crippen molar-refractivity contribution < 1.29 is 9.59 Å². The molecule has 0 aromatic rings. The lowest BCUT2D eigenvalue weighted by molar-refractivity contribution is -0.140. The summed E-state index contributed by atoms with van der Waals surface area (Å²) >= 11 is 0. The molecule has 0 aromatic heterocycles. The zero-order valence-corrected chi connectivity index (χ0v) is 18.9. The summed E-state index contributed by atoms with van der Waals surface area (Å²) in [6.45, 7) is 8.47. The number of piperazine rings is 1. The van der Waals surface area contributed by atoms with Crippen molar-refractivity contribution in [3.8, 4) is 0 Å². The van der Waals surface area contributed by atoms with E-state index in [9.17, 15) is 9.59 Å². The number of hydrogen-bond acceptors (Lipinski definition) is 4. The Morgan fingerprint density at radius 2 is 1.46 bits per heavy atom. The van der Waals surface area contributed by atoms with Crippen LogP contribution in [0.15, 0.2) is 0 Å². The average Bonchev–Trinajstić information content (AvgIpc) is 2.68. The first kappa shape index (κ1) is 25.5. The summed E-state index contributed by atoms with van der Waals surface area (Å²) in [4.78, 5) is 31.8. The van der Waals surface area contributed by atoms with Gasteiger partial charge >= 0.3 is 0 Å². The van der Waals surface area contributed by atoms with E-state index in [-0.39, 0.29) is 30.7 Å². The van der Waals surface area contributed by atoms with E-state index in [2.05, 4.69) is 11.8 Å². The van der Waals surface area contributed by atoms with Gasteiger partial charge in [-0.25, -0.2) is 0 Å². The summed E-state index contributed by atoms with van der Waals surface area (Å²) in [6.07, 6.45) is 7.49. The summed E-state index contributed by atoms with van der Waals surface area (Å²) in [7, 11) is 0. The van der Waals surface area contributed by atoms with Gasteiger partial charge in [-0.3, -0.25) is 9.59 Å². The molecule has 8 heteroatoms. The van der Waals surface area contributed by atoms with E-state index in [1.807, 2.05) is 9.80 Å². The van der Waals surface area contributed by atoms with Crippen molar-refractivity contribution in [3.05, 3.63) is 0 Å². The molecule has 2 saturated heterocycles. The van der Waals surface area contributed by atoms with Gasteiger partial charge in [-0.15, -0.1) is 24.8 Å². The molecular formula is C20H38Cl2N4O2. The minimum Gasteiger partial charge on any atom is -0.341 e. The third-order valence-electron chi connectivity index (χ3n) is 6.71. The number of halogens is 2. The van der Waals surface area contributed by atoms with E-state index in [0.717, 1.165) is 84.3 Å². The summed E-state index contributed by atoms with van der Waals surface area (Å²) in [5.74, 6) is 0.863. The normalized spacial score (nSPS) is 23.5. The Morgan fingerprint density at radius 1 is 0.893 bits per heavy atom. The van der Waals surface area contributed by atoms with Gasteiger partial charge in [0.05, 0.1) is 5.54 Å². The van der Waals surface area contributed by atoms with Crippen LogP contribution in [-0.2, 0) is 9.59 Å². The molecule has 0 aromatic carbocycles. The van der Waals surface area contributed by atoms with Gasteiger partial charge in [0.15, 0.2) is 0 Å². The van der Waals surface area contributed by atoms with Crippen LogP contribution in [0.2, 0.25) is 0 Å². The molecule has 1 saturated carbocycles. The number of carbonyl (C=O) groups is 2. The molecule has 0 unspecified atom stereocenters. The van der Waals surface area contributed by atoms with Crippen molar-refractivity contribution in [3.63, 3.8) is 0 Å². The molecule has 6 nitrogen and oxygen atoms in total. The van der Waals surface area contributed by atoms with Gasteiger partial charge < -0.3 is 20.4 Å². The van der Waals surface area contributed by atoms with Crippen LogP contribution in [0.25, 0.3) is 0 Å². The molecule has 3 aliphatic rings. The second kappa shape index (κ2) is 11.6. The smallest absolute Gasteiger partial charge is 0.242 e. The zero-order valence-electron chi connectivity index (χ0n) is 17.2. The monoisotopic (exact) mass is 436 g/mol. The molecule has 164 valence electrons. The molecule has 28 heavy (non-hydrogen) atoms. The Hall–Kier alpha value is -0.560. The van der Waals surface area contributed by atoms with E-state index in [1.165, 1.54) is 6.42 Å². The molecule has 3 rings (SSSR count). The number of nitrogens with two attached hydrogens (primary N) is 1. The number of nitrogens with zero attached hydrogens (tertiary/aromatic N) is 3. The second-order valence-corrected chi connectivity index (χ2v) is 8.47. The van der Waals surface area contributed by atoms with Crippen molar-refractivity contribution in [2.45, 2.75) is 63.8 Å². The van der Waals surface area contributed by atoms with Crippen molar-refractivity contribution in [2.24, 2.45) is 11.7 Å². The fourth-order valence-electron chi connectivity index (χ4n) is 4.74. The molecule has 0 spiro atoms. The van der Waals surface area contributed by atoms with Gasteiger partial charge in [-0.05, 0) is 38.1 Å². The average molecular weight is 437 g/mol. The van der Waals surface area contributed by atoms with E-state index in [1.54, 1.807) is 0 Å². The van der Waals surface area contributed by atoms with Crippen LogP contribution < -0.4 is 5.73 Å². The highest BCUT2D eigenvalue weighted by molar-refractivity contribution is 5.86. The molecule has 2 heterocycles. The Kier molecular flexibility index (Phi) is 10.5. The first-order valence-electron chi connectivity index (χ1n) is 10.6. The van der Waals surface area contributed by atoms with E-state index >= 15 is 0 Å². The fraction of sp³-hybridized carbons (Fsp3) is 0.900. The van der Waals surface area contributed by atoms with Crippen molar-refractivity contribution in [2.75, 3.05) is 45.8 Å². The van der Waals surface area contributed by atoms with Gasteiger partial charge in [0.25, 0.3) is 0 Å². The molecular weight excluding hydrogens is 399 g/mol. The summed E-state index contributed by atoms with van der Waals surface area (Å²) in [6, 6.07) is 0. The molecule has 2 N–H and O–H groups in total. The minimum atomic E-state index is -0.625. The number of carbonyl (C=O) groups excluding carboxylic acids is 2. The number of likely N-dealkylation sites (N-methyl/N-ethyl adjacent to an activating group) is 1. The largest absolute Gasteiger partial charge is 0.341 e. The molecule has 3 fully saturated rings. The zero-order chi connectivity index (χ0) is 18.6. The van der Waals surface area contributed by atoms with Gasteiger partial charge in [-0.2, -0.15) is 0 Å². The van der Waals surface area contributed by atoms with Crippen LogP contribution in [0.5, 0.6) is 0 Å². The molecule has 1 aliphatic carbocycles. The topological polar surface area (TPSA) is 69.9 Å². The fourth-order valence-corrected chi connectivity index (χ4v) is 4.74. The standard InChI is InChI=1S/C20H36N4O2.2ClH/c1-2-22-12-14-23(15-13-22)18(25)16-17-6-10-24(11-7-17)19(26)20(21)8-4-3-5-9-20;;/h17H,2-16,21H2,1H3;2*1H. The third kappa shape index (κ3) is 6.22. The Labute approximate surface area is 182 Å². The summed E-state index contributed by atoms with van der Waals surface area (Å²) in [5.41, 5.74) is 5.79. The minimum absolute atomic E-state index is 0. The van der Waals surface area contributed by atoms with E-state index in [0.29, 0.717) is 18.2 Å². The number of hydrogen-bond donors (Lipinski definition) is 1. The van der Waals surface area contributed by atoms with Crippen LogP contribution in [0.3, 0.4) is 0 Å². The SMILES string of the molecule is CCN1CCN(C(=O)CC2CCN(C(=O)C3(N)CCCCC3)CC2)CC1.Cl.Cl. The second-order valence-electron chi connectivity index (χ2n) is 8.47. The van der Waals surface area contributed by atoms with Crippen LogP contribution in [-0.4, -0.2) is 77.9 Å². The first-order chi connectivity index (χ1) is 12.5. The summed E-state index contributed by atoms with van der Waals surface area (Å²) in [5, 5.41) is 0. The van der Waals surface area contributed by atoms with E-state index < -0.39 is 5.54 Å². The van der Waals surface area contributed by atoms with Crippen LogP contribution >= 0.6 is 24.8 Å². The lowest BCUT2D eigenvalue weighted by Crippen LogP contribution is -2.57. The lowest BCUT2D eigenvalue weighted by Gasteiger charge is -2.40. The Morgan fingerprint density at radius 3 is 2.00 bits per heavy atom. The number of amides is 2. The molecule has 2 aliphatic heterocycles. The van der Waals surface area contributed by atoms with Gasteiger partial charge in [-0.1, -0.05) is 26.2 Å². The van der Waals surface area contributed by atoms with Crippen LogP contribution in [0, 0.1) is 5.92 Å². The highest BCUT2D eigenvalue weighted by Gasteiger charge is 2.39. The first-order valence-corrected chi connectivity index (χ1v) is 10.6. The highest BCUT2D eigenvalue weighted by atomic mass is 35.5. The molecule has 0 bridgehead atoms. The Balaban J connectivity index is 0.00000196. The van der Waals surface area contributed by atoms with Crippen molar-refractivity contribution >= 4 is 36.6 Å². The van der Waals surface area contributed by atoms with E-state index in [4.69, 9.17) is 5.73 Å². The number of likely N-dealkylation sites (tertiary alicyclic amines) is 1. The number of rotatable bonds is 4. The van der Waals surface area contributed by atoms with Gasteiger partial charge in [0.2, 0.25) is 11.8 Å². The van der Waals surface area contributed by atoms with Crippen molar-refractivity contribution in [1.29, 1.82) is 0 Å². The van der Waals surface area contributed by atoms with Gasteiger partial charge in [0, 0.05) is 45.7 Å². The predicted octanol–water partition coefficient (Wildman–Crippen LogP) is 2.28. The van der Waals surface area contributed by atoms with Gasteiger partial charge in [0.1, 0.15) is 0 Å². The quantitative estimate of drug-likeness (QED) is 0.733. The molecule has 0 radical (unpaired) electrons. The third-order valence-corrected chi connectivity index (χ3v) is 6.71. The Bertz CT molecular complexity index is 498. The maximum atomic E-state index is 12.8. The maximum Gasteiger partial charge on any atom is 0.242 e. The maximum absolute atomic E-state index is 12.8. The predicted molar refractivity (Wildman–Crippen MR) is 117 cm³/mol.